The highest BCUT2D eigenvalue weighted by Crippen LogP contribution is 2.26. The second-order valence-electron chi connectivity index (χ2n) is 9.51. The van der Waals surface area contributed by atoms with Crippen molar-refractivity contribution in [2.75, 3.05) is 37.4 Å². The number of piperidine rings is 1. The Kier molecular flexibility index (Phi) is 9.90. The number of methoxy groups -OCH3 is 1. The van der Waals surface area contributed by atoms with Gasteiger partial charge in [-0.05, 0) is 74.4 Å². The number of ether oxygens (including phenoxy) is 2. The van der Waals surface area contributed by atoms with Crippen LogP contribution in [0.4, 0.5) is 21.5 Å². The van der Waals surface area contributed by atoms with Gasteiger partial charge in [0.05, 0.1) is 48.5 Å². The van der Waals surface area contributed by atoms with Gasteiger partial charge in [-0.1, -0.05) is 5.92 Å². The Labute approximate surface area is 243 Å². The van der Waals surface area contributed by atoms with Crippen LogP contribution >= 0.6 is 0 Å². The van der Waals surface area contributed by atoms with Crippen LogP contribution in [0.1, 0.15) is 46.0 Å². The summed E-state index contributed by atoms with van der Waals surface area (Å²) in [6, 6.07) is 15.3. The molecule has 2 amide bonds. The van der Waals surface area contributed by atoms with Gasteiger partial charge >= 0.3 is 5.97 Å². The van der Waals surface area contributed by atoms with E-state index in [1.165, 1.54) is 31.4 Å². The zero-order valence-electron chi connectivity index (χ0n) is 23.4. The third-order valence-corrected chi connectivity index (χ3v) is 6.75. The molecule has 216 valence electrons. The first-order valence-electron chi connectivity index (χ1n) is 13.4. The molecule has 0 bridgehead atoms. The molecule has 4 rings (SSSR count). The molecule has 0 aromatic heterocycles. The number of likely N-dealkylation sites (tertiary alicyclic amines) is 1. The lowest BCUT2D eigenvalue weighted by Crippen LogP contribution is -2.36. The molecule has 1 fully saturated rings. The Morgan fingerprint density at radius 2 is 1.74 bits per heavy atom. The highest BCUT2D eigenvalue weighted by Gasteiger charge is 2.25. The number of nitrogens with zero attached hydrogens (tertiary/aromatic N) is 2. The molecule has 1 aliphatic heterocycles. The van der Waals surface area contributed by atoms with Gasteiger partial charge in [0.2, 0.25) is 0 Å². The number of hydrogen-bond acceptors (Lipinski definition) is 6. The first-order valence-corrected chi connectivity index (χ1v) is 13.4. The Hall–Kier alpha value is -5.17. The molecule has 3 aromatic rings. The standard InChI is InChI=1S/C32H31FN4O5/c1-4-21-6-8-23(9-7-21)35-31(39)27-19-25(41-3)11-13-29(27)36-30(38)26-12-10-24(18-28(26)33)34-20-37-16-14-22(15-17-37)32(40)42-5-2/h1,6-13,18-20,22H,5,14-17H2,2-3H3,(H,35,39)(H,36,38). The number of halogens is 1. The smallest absolute Gasteiger partial charge is 0.309 e. The summed E-state index contributed by atoms with van der Waals surface area (Å²) in [5.41, 5.74) is 1.58. The molecule has 10 heteroatoms. The van der Waals surface area contributed by atoms with Gasteiger partial charge < -0.3 is 25.0 Å². The highest BCUT2D eigenvalue weighted by molar-refractivity contribution is 6.12. The summed E-state index contributed by atoms with van der Waals surface area (Å²) < 4.78 is 25.3. The van der Waals surface area contributed by atoms with Gasteiger partial charge in [-0.3, -0.25) is 14.4 Å². The van der Waals surface area contributed by atoms with E-state index < -0.39 is 17.6 Å². The molecular formula is C32H31FN4O5. The fourth-order valence-electron chi connectivity index (χ4n) is 4.41. The van der Waals surface area contributed by atoms with Crippen molar-refractivity contribution in [2.45, 2.75) is 19.8 Å². The Balaban J connectivity index is 1.43. The van der Waals surface area contributed by atoms with Crippen molar-refractivity contribution in [3.63, 3.8) is 0 Å². The number of anilines is 2. The van der Waals surface area contributed by atoms with Crippen molar-refractivity contribution >= 4 is 41.2 Å². The van der Waals surface area contributed by atoms with E-state index in [1.54, 1.807) is 43.6 Å². The maximum Gasteiger partial charge on any atom is 0.309 e. The summed E-state index contributed by atoms with van der Waals surface area (Å²) in [7, 11) is 1.46. The minimum absolute atomic E-state index is 0.122. The Morgan fingerprint density at radius 3 is 2.38 bits per heavy atom. The van der Waals surface area contributed by atoms with Crippen LogP contribution in [0, 0.1) is 24.1 Å². The van der Waals surface area contributed by atoms with Gasteiger partial charge in [0.25, 0.3) is 11.8 Å². The number of carbonyl (C=O) groups is 3. The fourth-order valence-corrected chi connectivity index (χ4v) is 4.41. The molecule has 1 heterocycles. The van der Waals surface area contributed by atoms with E-state index in [1.807, 2.05) is 4.90 Å². The molecule has 0 radical (unpaired) electrons. The van der Waals surface area contributed by atoms with Crippen molar-refractivity contribution in [1.29, 1.82) is 0 Å². The van der Waals surface area contributed by atoms with Gasteiger partial charge in [0, 0.05) is 30.4 Å². The van der Waals surface area contributed by atoms with Gasteiger partial charge in [0.15, 0.2) is 0 Å². The molecule has 0 aliphatic carbocycles. The SMILES string of the molecule is C#Cc1ccc(NC(=O)c2cc(OC)ccc2NC(=O)c2ccc(N=CN3CCC(C(=O)OCC)CC3)cc2F)cc1. The monoisotopic (exact) mass is 570 g/mol. The third-order valence-electron chi connectivity index (χ3n) is 6.75. The van der Waals surface area contributed by atoms with E-state index in [0.717, 1.165) is 6.07 Å². The number of carbonyl (C=O) groups excluding carboxylic acids is 3. The zero-order chi connectivity index (χ0) is 30.1. The lowest BCUT2D eigenvalue weighted by Gasteiger charge is -2.29. The van der Waals surface area contributed by atoms with Crippen LogP contribution in [0.2, 0.25) is 0 Å². The molecule has 0 unspecified atom stereocenters. The summed E-state index contributed by atoms with van der Waals surface area (Å²) in [6.45, 7) is 3.40. The molecule has 0 saturated carbocycles. The van der Waals surface area contributed by atoms with Crippen molar-refractivity contribution in [3.05, 3.63) is 83.2 Å². The van der Waals surface area contributed by atoms with Gasteiger partial charge in [-0.25, -0.2) is 9.38 Å². The number of nitrogens with one attached hydrogen (secondary N) is 2. The van der Waals surface area contributed by atoms with Crippen LogP contribution in [-0.4, -0.2) is 55.8 Å². The number of hydrogen-bond donors (Lipinski definition) is 2. The van der Waals surface area contributed by atoms with Crippen LogP contribution < -0.4 is 15.4 Å². The van der Waals surface area contributed by atoms with Crippen LogP contribution in [0.25, 0.3) is 0 Å². The van der Waals surface area contributed by atoms with Crippen LogP contribution in [-0.2, 0) is 9.53 Å². The van der Waals surface area contributed by atoms with Crippen LogP contribution in [0.5, 0.6) is 5.75 Å². The first kappa shape index (κ1) is 29.8. The molecule has 2 N–H and O–H groups in total. The lowest BCUT2D eigenvalue weighted by atomic mass is 9.97. The van der Waals surface area contributed by atoms with Gasteiger partial charge in [-0.2, -0.15) is 0 Å². The van der Waals surface area contributed by atoms with Crippen molar-refractivity contribution < 1.29 is 28.2 Å². The first-order chi connectivity index (χ1) is 20.3. The molecule has 42 heavy (non-hydrogen) atoms. The normalized spacial score (nSPS) is 13.3. The summed E-state index contributed by atoms with van der Waals surface area (Å²) in [4.78, 5) is 44.3. The Morgan fingerprint density at radius 1 is 1.02 bits per heavy atom. The molecule has 9 nitrogen and oxygen atoms in total. The van der Waals surface area contributed by atoms with E-state index >= 15 is 0 Å². The molecule has 0 atom stereocenters. The third kappa shape index (κ3) is 7.52. The van der Waals surface area contributed by atoms with Gasteiger partial charge in [-0.15, -0.1) is 6.42 Å². The summed E-state index contributed by atoms with van der Waals surface area (Å²) in [6.07, 6.45) is 8.30. The fraction of sp³-hybridized carbons (Fsp3) is 0.250. The molecular weight excluding hydrogens is 539 g/mol. The number of aliphatic imine (C=N–C) groups is 1. The summed E-state index contributed by atoms with van der Waals surface area (Å²) >= 11 is 0. The van der Waals surface area contributed by atoms with E-state index in [4.69, 9.17) is 15.9 Å². The minimum atomic E-state index is -0.767. The minimum Gasteiger partial charge on any atom is -0.497 e. The predicted molar refractivity (Wildman–Crippen MR) is 159 cm³/mol. The number of benzene rings is 3. The average Bonchev–Trinajstić information content (AvgIpc) is 3.01. The summed E-state index contributed by atoms with van der Waals surface area (Å²) in [5.74, 6) is 0.602. The number of amides is 2. The molecule has 3 aromatic carbocycles. The largest absolute Gasteiger partial charge is 0.497 e. The molecule has 0 spiro atoms. The van der Waals surface area contributed by atoms with Crippen molar-refractivity contribution in [2.24, 2.45) is 10.9 Å². The van der Waals surface area contributed by atoms with E-state index in [2.05, 4.69) is 21.5 Å². The quantitative estimate of drug-likeness (QED) is 0.157. The van der Waals surface area contributed by atoms with Crippen LogP contribution in [0.15, 0.2) is 65.7 Å². The maximum atomic E-state index is 15.0. The Bertz CT molecular complexity index is 1520. The number of esters is 1. The summed E-state index contributed by atoms with van der Waals surface area (Å²) in [5, 5.41) is 5.38. The molecule has 1 aliphatic rings. The number of terminal acetylenes is 1. The highest BCUT2D eigenvalue weighted by atomic mass is 19.1. The predicted octanol–water partition coefficient (Wildman–Crippen LogP) is 5.26. The lowest BCUT2D eigenvalue weighted by molar-refractivity contribution is -0.149. The average molecular weight is 571 g/mol. The maximum absolute atomic E-state index is 15.0. The second kappa shape index (κ2) is 13.9. The van der Waals surface area contributed by atoms with Crippen molar-refractivity contribution in [3.8, 4) is 18.1 Å². The topological polar surface area (TPSA) is 109 Å². The zero-order valence-corrected chi connectivity index (χ0v) is 23.4. The van der Waals surface area contributed by atoms with Crippen molar-refractivity contribution in [1.82, 2.24) is 4.90 Å². The number of rotatable bonds is 9. The van der Waals surface area contributed by atoms with E-state index in [-0.39, 0.29) is 28.7 Å². The molecule has 1 saturated heterocycles. The van der Waals surface area contributed by atoms with Crippen LogP contribution in [0.3, 0.4) is 0 Å². The van der Waals surface area contributed by atoms with E-state index in [0.29, 0.717) is 55.2 Å². The second-order valence-corrected chi connectivity index (χ2v) is 9.51. The van der Waals surface area contributed by atoms with Gasteiger partial charge in [0.1, 0.15) is 11.6 Å². The van der Waals surface area contributed by atoms with E-state index in [9.17, 15) is 18.8 Å².